The third kappa shape index (κ3) is 5.67. The molecule has 0 aliphatic carbocycles. The van der Waals surface area contributed by atoms with E-state index in [4.69, 9.17) is 4.74 Å². The topological polar surface area (TPSA) is 75.0 Å². The molecule has 5 rings (SSSR count). The molecule has 7 nitrogen and oxygen atoms in total. The van der Waals surface area contributed by atoms with Gasteiger partial charge in [-0.25, -0.2) is 0 Å². The first-order valence-electron chi connectivity index (χ1n) is 11.4. The summed E-state index contributed by atoms with van der Waals surface area (Å²) in [5, 5.41) is 12.1. The predicted octanol–water partition coefficient (Wildman–Crippen LogP) is 4.08. The predicted molar refractivity (Wildman–Crippen MR) is 134 cm³/mol. The van der Waals surface area contributed by atoms with E-state index in [-0.39, 0.29) is 11.6 Å². The molecule has 1 N–H and O–H groups in total. The number of fused-ring (bicyclic) bond motifs is 5. The van der Waals surface area contributed by atoms with E-state index in [1.165, 1.54) is 12.3 Å². The summed E-state index contributed by atoms with van der Waals surface area (Å²) in [6, 6.07) is 19.3. The lowest BCUT2D eigenvalue weighted by atomic mass is 10.1. The van der Waals surface area contributed by atoms with Gasteiger partial charge in [-0.05, 0) is 24.6 Å². The smallest absolute Gasteiger partial charge is 0.278 e. The third-order valence-electron chi connectivity index (χ3n) is 5.25. The molecule has 178 valence electrons. The van der Waals surface area contributed by atoms with Crippen LogP contribution in [0.15, 0.2) is 83.8 Å². The molecule has 0 fully saturated rings. The van der Waals surface area contributed by atoms with E-state index >= 15 is 0 Å². The molecule has 2 aliphatic rings. The van der Waals surface area contributed by atoms with Crippen LogP contribution in [0.5, 0.6) is 11.5 Å². The van der Waals surface area contributed by atoms with Crippen LogP contribution in [-0.2, 0) is 6.54 Å². The van der Waals surface area contributed by atoms with Crippen molar-refractivity contribution >= 4 is 5.91 Å². The Morgan fingerprint density at radius 3 is 2.29 bits per heavy atom. The van der Waals surface area contributed by atoms with Crippen LogP contribution in [0.4, 0.5) is 0 Å². The lowest BCUT2D eigenvalue weighted by molar-refractivity contribution is 0.0706. The Kier molecular flexibility index (Phi) is 8.51. The van der Waals surface area contributed by atoms with Gasteiger partial charge < -0.3 is 14.7 Å². The summed E-state index contributed by atoms with van der Waals surface area (Å²) in [4.78, 5) is 26.2. The Balaban J connectivity index is 0.000000348. The van der Waals surface area contributed by atoms with Crippen molar-refractivity contribution in [3.63, 3.8) is 0 Å². The molecule has 2 aliphatic heterocycles. The molecule has 0 saturated carbocycles. The second-order valence-corrected chi connectivity index (χ2v) is 7.60. The Morgan fingerprint density at radius 2 is 1.62 bits per heavy atom. The van der Waals surface area contributed by atoms with Gasteiger partial charge in [0.05, 0.1) is 6.54 Å². The molecular formula is C27H31N3O4. The molecule has 1 aromatic heterocycles. The lowest BCUT2D eigenvalue weighted by Gasteiger charge is -2.39. The summed E-state index contributed by atoms with van der Waals surface area (Å²) in [5.41, 5.74) is 1.49. The standard InChI is InChI=1S/C19H19N3O4.C6H6.C2H6/c1-13-4-5-14-11-21-12-20(7-2-3-9-26-16(14)10-13)19(25)17-18(24)15(23)6-8-22(17)21;1-2-4-6-5-3-1;1-2/h2-6,8,10,24H,7,9,11-12H2,1H3;1-6H;1-2H3/b3-2+;;. The number of ether oxygens (including phenoxy) is 1. The summed E-state index contributed by atoms with van der Waals surface area (Å²) in [5.74, 6) is -0.108. The minimum absolute atomic E-state index is 0.00835. The van der Waals surface area contributed by atoms with Crippen LogP contribution in [0.2, 0.25) is 0 Å². The average molecular weight is 462 g/mol. The van der Waals surface area contributed by atoms with Crippen LogP contribution < -0.4 is 15.2 Å². The fourth-order valence-corrected chi connectivity index (χ4v) is 3.61. The number of carbonyl (C=O) groups is 1. The molecule has 7 heteroatoms. The van der Waals surface area contributed by atoms with Gasteiger partial charge in [-0.2, -0.15) is 0 Å². The van der Waals surface area contributed by atoms with Gasteiger partial charge in [0.2, 0.25) is 5.43 Å². The molecule has 0 radical (unpaired) electrons. The fourth-order valence-electron chi connectivity index (χ4n) is 3.61. The number of amides is 1. The largest absolute Gasteiger partial charge is 0.502 e. The average Bonchev–Trinajstić information content (AvgIpc) is 2.90. The summed E-state index contributed by atoms with van der Waals surface area (Å²) in [7, 11) is 0. The number of aryl methyl sites for hydroxylation is 1. The van der Waals surface area contributed by atoms with Crippen molar-refractivity contribution in [3.8, 4) is 11.5 Å². The van der Waals surface area contributed by atoms with E-state index in [9.17, 15) is 14.7 Å². The number of hydrogen-bond acceptors (Lipinski definition) is 5. The van der Waals surface area contributed by atoms with Gasteiger partial charge in [0.15, 0.2) is 11.4 Å². The van der Waals surface area contributed by atoms with Gasteiger partial charge in [0, 0.05) is 24.4 Å². The van der Waals surface area contributed by atoms with E-state index in [0.29, 0.717) is 26.4 Å². The van der Waals surface area contributed by atoms with Crippen molar-refractivity contribution in [1.29, 1.82) is 0 Å². The second-order valence-electron chi connectivity index (χ2n) is 7.60. The van der Waals surface area contributed by atoms with Crippen molar-refractivity contribution in [2.24, 2.45) is 0 Å². The van der Waals surface area contributed by atoms with Gasteiger partial charge in [-0.15, -0.1) is 0 Å². The van der Waals surface area contributed by atoms with E-state index < -0.39 is 11.2 Å². The number of hydrogen-bond donors (Lipinski definition) is 1. The van der Waals surface area contributed by atoms with Crippen molar-refractivity contribution in [2.45, 2.75) is 27.3 Å². The molecule has 0 atom stereocenters. The van der Waals surface area contributed by atoms with E-state index in [1.54, 1.807) is 9.58 Å². The molecule has 0 unspecified atom stereocenters. The molecule has 0 spiro atoms. The highest BCUT2D eigenvalue weighted by molar-refractivity contribution is 5.96. The summed E-state index contributed by atoms with van der Waals surface area (Å²) < 4.78 is 7.44. The minimum Gasteiger partial charge on any atom is -0.502 e. The normalized spacial score (nSPS) is 15.1. The molecule has 0 saturated heterocycles. The number of carbonyl (C=O) groups excluding carboxylic acids is 1. The van der Waals surface area contributed by atoms with Crippen molar-refractivity contribution in [1.82, 2.24) is 9.58 Å². The van der Waals surface area contributed by atoms with Crippen molar-refractivity contribution < 1.29 is 14.6 Å². The zero-order valence-corrected chi connectivity index (χ0v) is 19.8. The molecular weight excluding hydrogens is 430 g/mol. The summed E-state index contributed by atoms with van der Waals surface area (Å²) >= 11 is 0. The van der Waals surface area contributed by atoms with Gasteiger partial charge in [0.1, 0.15) is 19.0 Å². The summed E-state index contributed by atoms with van der Waals surface area (Å²) in [6.07, 6.45) is 5.24. The van der Waals surface area contributed by atoms with Crippen LogP contribution in [0.1, 0.15) is 35.5 Å². The maximum absolute atomic E-state index is 12.8. The van der Waals surface area contributed by atoms with Crippen LogP contribution in [0, 0.1) is 6.92 Å². The fraction of sp³-hybridized carbons (Fsp3) is 0.259. The first-order valence-corrected chi connectivity index (χ1v) is 11.4. The molecule has 3 aromatic rings. The maximum atomic E-state index is 12.8. The quantitative estimate of drug-likeness (QED) is 0.511. The maximum Gasteiger partial charge on any atom is 0.278 e. The highest BCUT2D eigenvalue weighted by Crippen LogP contribution is 2.26. The van der Waals surface area contributed by atoms with E-state index in [0.717, 1.165) is 16.9 Å². The van der Waals surface area contributed by atoms with Gasteiger partial charge in [-0.3, -0.25) is 19.3 Å². The number of pyridine rings is 1. The van der Waals surface area contributed by atoms with E-state index in [1.807, 2.05) is 92.5 Å². The zero-order valence-electron chi connectivity index (χ0n) is 19.8. The molecule has 34 heavy (non-hydrogen) atoms. The zero-order chi connectivity index (χ0) is 24.5. The molecule has 2 aromatic carbocycles. The minimum atomic E-state index is -0.564. The van der Waals surface area contributed by atoms with Crippen molar-refractivity contribution in [3.05, 3.63) is 106 Å². The number of benzene rings is 2. The molecule has 3 heterocycles. The Morgan fingerprint density at radius 1 is 0.941 bits per heavy atom. The SMILES string of the molecule is CC.Cc1ccc2c(c1)OC/C=C/CN1CN(C2)n2ccc(=O)c(O)c2C1=O.c1ccccc1. The number of rotatable bonds is 0. The summed E-state index contributed by atoms with van der Waals surface area (Å²) in [6.45, 7) is 7.59. The van der Waals surface area contributed by atoms with Gasteiger partial charge >= 0.3 is 0 Å². The van der Waals surface area contributed by atoms with E-state index in [2.05, 4.69) is 0 Å². The monoisotopic (exact) mass is 461 g/mol. The second kappa shape index (κ2) is 11.7. The van der Waals surface area contributed by atoms with Crippen LogP contribution in [0.3, 0.4) is 0 Å². The number of aromatic hydroxyl groups is 1. The Hall–Kier alpha value is -4.00. The van der Waals surface area contributed by atoms with Gasteiger partial charge in [0.25, 0.3) is 5.91 Å². The third-order valence-corrected chi connectivity index (χ3v) is 5.25. The Labute approximate surface area is 200 Å². The van der Waals surface area contributed by atoms with Crippen molar-refractivity contribution in [2.75, 3.05) is 24.8 Å². The Bertz CT molecular complexity index is 1160. The molecule has 2 bridgehead atoms. The van der Waals surface area contributed by atoms with Gasteiger partial charge in [-0.1, -0.05) is 68.5 Å². The van der Waals surface area contributed by atoms with Crippen LogP contribution in [0.25, 0.3) is 0 Å². The van der Waals surface area contributed by atoms with Crippen LogP contribution >= 0.6 is 0 Å². The lowest BCUT2D eigenvalue weighted by Crippen LogP contribution is -2.53. The molecule has 1 amide bonds. The highest BCUT2D eigenvalue weighted by atomic mass is 16.5. The first kappa shape index (κ1) is 24.6. The first-order chi connectivity index (χ1) is 16.5. The highest BCUT2D eigenvalue weighted by Gasteiger charge is 2.32. The van der Waals surface area contributed by atoms with Crippen LogP contribution in [-0.4, -0.2) is 40.4 Å². The number of nitrogens with zero attached hydrogens (tertiary/aromatic N) is 3. The number of aromatic nitrogens is 1.